The molecule has 3 aromatic rings. The Morgan fingerprint density at radius 2 is 1.94 bits per heavy atom. The summed E-state index contributed by atoms with van der Waals surface area (Å²) in [5, 5.41) is 9.88. The second-order valence-electron chi connectivity index (χ2n) is 8.51. The minimum absolute atomic E-state index is 0.158. The third kappa shape index (κ3) is 6.08. The number of carbonyl (C=O) groups excluding carboxylic acids is 1. The number of methoxy groups -OCH3 is 2. The van der Waals surface area contributed by atoms with Crippen molar-refractivity contribution in [2.45, 2.75) is 25.8 Å². The molecule has 0 unspecified atom stereocenters. The third-order valence-electron chi connectivity index (χ3n) is 6.20. The van der Waals surface area contributed by atoms with Gasteiger partial charge in [0.25, 0.3) is 0 Å². The van der Waals surface area contributed by atoms with Crippen molar-refractivity contribution in [2.75, 3.05) is 45.7 Å². The number of ether oxygens (including phenoxy) is 2. The Kier molecular flexibility index (Phi) is 8.04. The van der Waals surface area contributed by atoms with E-state index in [4.69, 9.17) is 9.47 Å². The van der Waals surface area contributed by atoms with Crippen LogP contribution in [0.5, 0.6) is 11.5 Å². The van der Waals surface area contributed by atoms with Gasteiger partial charge in [-0.1, -0.05) is 24.6 Å². The number of likely N-dealkylation sites (tertiary alicyclic amines) is 1. The second kappa shape index (κ2) is 11.6. The highest BCUT2D eigenvalue weighted by Gasteiger charge is 2.19. The molecule has 8 heteroatoms. The van der Waals surface area contributed by atoms with Crippen LogP contribution >= 0.6 is 0 Å². The van der Waals surface area contributed by atoms with Crippen molar-refractivity contribution < 1.29 is 14.3 Å². The number of carbonyl (C=O) groups is 1. The first-order valence-corrected chi connectivity index (χ1v) is 11.7. The standard InChI is InChI=1S/C26H33N5O3/c1-33-23-8-6-7-20(15-23)19-31(14-13-30-11-4-3-5-12-30)26(32)29-24-10-9-21(16-25(24)34-2)22-17-27-28-18-22/h6-10,15-18H,3-5,11-14,19H2,1-2H3,(H,27,28)(H,29,32). The zero-order chi connectivity index (χ0) is 23.8. The van der Waals surface area contributed by atoms with Gasteiger partial charge in [0.2, 0.25) is 0 Å². The van der Waals surface area contributed by atoms with Crippen LogP contribution in [0.4, 0.5) is 10.5 Å². The lowest BCUT2D eigenvalue weighted by Crippen LogP contribution is -2.42. The molecule has 1 aliphatic heterocycles. The highest BCUT2D eigenvalue weighted by Crippen LogP contribution is 2.30. The topological polar surface area (TPSA) is 82.7 Å². The van der Waals surface area contributed by atoms with Gasteiger partial charge in [0, 0.05) is 31.4 Å². The molecule has 180 valence electrons. The normalized spacial score (nSPS) is 13.9. The monoisotopic (exact) mass is 463 g/mol. The number of hydrogen-bond donors (Lipinski definition) is 2. The Bertz CT molecular complexity index is 1060. The van der Waals surface area contributed by atoms with E-state index in [1.165, 1.54) is 19.3 Å². The average molecular weight is 464 g/mol. The number of nitrogens with one attached hydrogen (secondary N) is 2. The minimum atomic E-state index is -0.158. The third-order valence-corrected chi connectivity index (χ3v) is 6.20. The summed E-state index contributed by atoms with van der Waals surface area (Å²) < 4.78 is 10.9. The van der Waals surface area contributed by atoms with E-state index in [9.17, 15) is 4.79 Å². The van der Waals surface area contributed by atoms with Gasteiger partial charge in [-0.15, -0.1) is 0 Å². The summed E-state index contributed by atoms with van der Waals surface area (Å²) in [5.74, 6) is 1.38. The van der Waals surface area contributed by atoms with Gasteiger partial charge >= 0.3 is 6.03 Å². The Morgan fingerprint density at radius 1 is 1.09 bits per heavy atom. The van der Waals surface area contributed by atoms with E-state index in [2.05, 4.69) is 20.4 Å². The molecule has 0 aliphatic carbocycles. The van der Waals surface area contributed by atoms with E-state index in [1.807, 2.05) is 53.6 Å². The van der Waals surface area contributed by atoms with Crippen LogP contribution in [0.1, 0.15) is 24.8 Å². The lowest BCUT2D eigenvalue weighted by molar-refractivity contribution is 0.178. The smallest absolute Gasteiger partial charge is 0.322 e. The summed E-state index contributed by atoms with van der Waals surface area (Å²) in [4.78, 5) is 17.7. The van der Waals surface area contributed by atoms with Gasteiger partial charge in [-0.25, -0.2) is 4.79 Å². The average Bonchev–Trinajstić information content (AvgIpc) is 3.42. The van der Waals surface area contributed by atoms with Crippen molar-refractivity contribution in [1.29, 1.82) is 0 Å². The van der Waals surface area contributed by atoms with E-state index in [1.54, 1.807) is 20.4 Å². The van der Waals surface area contributed by atoms with Crippen molar-refractivity contribution in [3.63, 3.8) is 0 Å². The van der Waals surface area contributed by atoms with Crippen LogP contribution in [-0.4, -0.2) is 66.4 Å². The highest BCUT2D eigenvalue weighted by atomic mass is 16.5. The molecule has 1 fully saturated rings. The van der Waals surface area contributed by atoms with E-state index in [0.717, 1.165) is 42.1 Å². The number of piperidine rings is 1. The summed E-state index contributed by atoms with van der Waals surface area (Å²) in [6.45, 7) is 4.18. The summed E-state index contributed by atoms with van der Waals surface area (Å²) in [6, 6.07) is 13.4. The van der Waals surface area contributed by atoms with Crippen LogP contribution in [0.25, 0.3) is 11.1 Å². The van der Waals surface area contributed by atoms with Crippen molar-refractivity contribution in [3.8, 4) is 22.6 Å². The maximum atomic E-state index is 13.4. The second-order valence-corrected chi connectivity index (χ2v) is 8.51. The Morgan fingerprint density at radius 3 is 2.68 bits per heavy atom. The van der Waals surface area contributed by atoms with E-state index < -0.39 is 0 Å². The van der Waals surface area contributed by atoms with Gasteiger partial charge < -0.3 is 24.6 Å². The molecular weight excluding hydrogens is 430 g/mol. The molecule has 1 saturated heterocycles. The van der Waals surface area contributed by atoms with Crippen LogP contribution in [-0.2, 0) is 6.54 Å². The molecule has 0 saturated carbocycles. The van der Waals surface area contributed by atoms with Gasteiger partial charge in [-0.05, 0) is 61.3 Å². The van der Waals surface area contributed by atoms with Gasteiger partial charge in [-0.3, -0.25) is 5.10 Å². The quantitative estimate of drug-likeness (QED) is 0.484. The van der Waals surface area contributed by atoms with Gasteiger partial charge in [0.05, 0.1) is 26.1 Å². The molecule has 34 heavy (non-hydrogen) atoms. The lowest BCUT2D eigenvalue weighted by Gasteiger charge is -2.30. The summed E-state index contributed by atoms with van der Waals surface area (Å²) in [6.07, 6.45) is 7.32. The van der Waals surface area contributed by atoms with Crippen molar-refractivity contribution in [2.24, 2.45) is 0 Å². The van der Waals surface area contributed by atoms with Gasteiger partial charge in [0.15, 0.2) is 0 Å². The fourth-order valence-electron chi connectivity index (χ4n) is 4.27. The van der Waals surface area contributed by atoms with E-state index in [-0.39, 0.29) is 6.03 Å². The Labute approximate surface area is 200 Å². The van der Waals surface area contributed by atoms with Gasteiger partial charge in [0.1, 0.15) is 11.5 Å². The first kappa shape index (κ1) is 23.6. The van der Waals surface area contributed by atoms with Crippen molar-refractivity contribution in [3.05, 3.63) is 60.4 Å². The first-order chi connectivity index (χ1) is 16.7. The fraction of sp³-hybridized carbons (Fsp3) is 0.385. The zero-order valence-corrected chi connectivity index (χ0v) is 19.9. The number of H-pyrrole nitrogens is 1. The molecule has 2 heterocycles. The number of aromatic amines is 1. The number of anilines is 1. The number of amides is 2. The van der Waals surface area contributed by atoms with Crippen LogP contribution in [0.3, 0.4) is 0 Å². The molecule has 1 aliphatic rings. The molecule has 0 spiro atoms. The Hall–Kier alpha value is -3.52. The number of benzene rings is 2. The first-order valence-electron chi connectivity index (χ1n) is 11.7. The van der Waals surface area contributed by atoms with Crippen molar-refractivity contribution in [1.82, 2.24) is 20.0 Å². The molecule has 2 N–H and O–H groups in total. The van der Waals surface area contributed by atoms with Gasteiger partial charge in [-0.2, -0.15) is 5.10 Å². The Balaban J connectivity index is 1.50. The van der Waals surface area contributed by atoms with Crippen molar-refractivity contribution >= 4 is 11.7 Å². The highest BCUT2D eigenvalue weighted by molar-refractivity contribution is 5.91. The molecule has 0 atom stereocenters. The SMILES string of the molecule is COc1cccc(CN(CCN2CCCCC2)C(=O)Nc2ccc(-c3cn[nH]c3)cc2OC)c1. The summed E-state index contributed by atoms with van der Waals surface area (Å²) in [7, 11) is 3.26. The number of urea groups is 1. The number of aromatic nitrogens is 2. The van der Waals surface area contributed by atoms with E-state index >= 15 is 0 Å². The van der Waals surface area contributed by atoms with Crippen LogP contribution < -0.4 is 14.8 Å². The largest absolute Gasteiger partial charge is 0.497 e. The fourth-order valence-corrected chi connectivity index (χ4v) is 4.27. The molecule has 4 rings (SSSR count). The number of hydrogen-bond acceptors (Lipinski definition) is 5. The van der Waals surface area contributed by atoms with Crippen LogP contribution in [0, 0.1) is 0 Å². The molecule has 0 bridgehead atoms. The van der Waals surface area contributed by atoms with E-state index in [0.29, 0.717) is 24.5 Å². The summed E-state index contributed by atoms with van der Waals surface area (Å²) >= 11 is 0. The predicted octanol–water partition coefficient (Wildman–Crippen LogP) is 4.61. The molecule has 8 nitrogen and oxygen atoms in total. The maximum Gasteiger partial charge on any atom is 0.322 e. The van der Waals surface area contributed by atoms with Crippen LogP contribution in [0.2, 0.25) is 0 Å². The lowest BCUT2D eigenvalue weighted by atomic mass is 10.1. The summed E-state index contributed by atoms with van der Waals surface area (Å²) in [5.41, 5.74) is 3.57. The molecule has 2 amide bonds. The molecule has 0 radical (unpaired) electrons. The molecule has 2 aromatic carbocycles. The minimum Gasteiger partial charge on any atom is -0.497 e. The van der Waals surface area contributed by atoms with Crippen LogP contribution in [0.15, 0.2) is 54.9 Å². The molecular formula is C26H33N5O3. The maximum absolute atomic E-state index is 13.4. The zero-order valence-electron chi connectivity index (χ0n) is 19.9. The number of rotatable bonds is 9. The predicted molar refractivity (Wildman–Crippen MR) is 133 cm³/mol. The molecule has 1 aromatic heterocycles. The number of nitrogens with zero attached hydrogens (tertiary/aromatic N) is 3.